The fourth-order valence-electron chi connectivity index (χ4n) is 2.35. The van der Waals surface area contributed by atoms with E-state index in [-0.39, 0.29) is 5.82 Å². The number of aliphatic hydroxyl groups excluding tert-OH is 1. The van der Waals surface area contributed by atoms with Gasteiger partial charge in [0.05, 0.1) is 6.20 Å². The van der Waals surface area contributed by atoms with E-state index in [1.807, 2.05) is 0 Å². The first-order chi connectivity index (χ1) is 8.28. The molecule has 1 aromatic rings. The number of rotatable bonds is 4. The Kier molecular flexibility index (Phi) is 4.31. The molecule has 0 saturated heterocycles. The van der Waals surface area contributed by atoms with E-state index in [1.165, 1.54) is 12.3 Å². The number of anilines is 1. The van der Waals surface area contributed by atoms with Crippen LogP contribution < -0.4 is 5.32 Å². The topological polar surface area (TPSA) is 45.1 Å². The maximum Gasteiger partial charge on any atom is 0.141 e. The summed E-state index contributed by atoms with van der Waals surface area (Å²) in [5.41, 5.74) is 0. The molecule has 1 saturated carbocycles. The molecular weight excluding hydrogens is 219 g/mol. The second-order valence-corrected chi connectivity index (χ2v) is 4.81. The van der Waals surface area contributed by atoms with Crippen molar-refractivity contribution in [2.45, 2.75) is 25.7 Å². The van der Waals surface area contributed by atoms with Gasteiger partial charge in [0.25, 0.3) is 0 Å². The van der Waals surface area contributed by atoms with Crippen LogP contribution in [0.5, 0.6) is 0 Å². The van der Waals surface area contributed by atoms with Gasteiger partial charge in [-0.05, 0) is 49.7 Å². The first kappa shape index (κ1) is 12.3. The molecule has 4 heteroatoms. The number of nitrogens with zero attached hydrogens (tertiary/aromatic N) is 1. The zero-order valence-corrected chi connectivity index (χ0v) is 9.90. The van der Waals surface area contributed by atoms with Gasteiger partial charge in [0.15, 0.2) is 0 Å². The number of halogens is 1. The molecule has 2 rings (SSSR count). The Morgan fingerprint density at radius 3 is 2.53 bits per heavy atom. The molecule has 0 radical (unpaired) electrons. The van der Waals surface area contributed by atoms with Crippen molar-refractivity contribution in [3.8, 4) is 0 Å². The average Bonchev–Trinajstić information content (AvgIpc) is 2.39. The Hall–Kier alpha value is -1.16. The Labute approximate surface area is 101 Å². The second kappa shape index (κ2) is 5.96. The normalized spacial score (nSPS) is 24.6. The summed E-state index contributed by atoms with van der Waals surface area (Å²) in [5, 5.41) is 12.3. The molecule has 0 unspecified atom stereocenters. The highest BCUT2D eigenvalue weighted by Crippen LogP contribution is 2.28. The van der Waals surface area contributed by atoms with Gasteiger partial charge in [0, 0.05) is 13.2 Å². The first-order valence-electron chi connectivity index (χ1n) is 6.24. The van der Waals surface area contributed by atoms with Gasteiger partial charge in [-0.25, -0.2) is 9.37 Å². The molecule has 2 N–H and O–H groups in total. The minimum atomic E-state index is -0.306. The summed E-state index contributed by atoms with van der Waals surface area (Å²) in [6.07, 6.45) is 5.75. The molecule has 1 aromatic heterocycles. The first-order valence-corrected chi connectivity index (χ1v) is 6.24. The van der Waals surface area contributed by atoms with E-state index in [0.717, 1.165) is 38.0 Å². The summed E-state index contributed by atoms with van der Waals surface area (Å²) in [6, 6.07) is 3.08. The van der Waals surface area contributed by atoms with Crippen LogP contribution in [0, 0.1) is 17.7 Å². The lowest BCUT2D eigenvalue weighted by atomic mass is 9.82. The zero-order chi connectivity index (χ0) is 12.1. The van der Waals surface area contributed by atoms with E-state index in [2.05, 4.69) is 10.3 Å². The van der Waals surface area contributed by atoms with Crippen LogP contribution in [-0.2, 0) is 0 Å². The van der Waals surface area contributed by atoms with Crippen LogP contribution in [0.4, 0.5) is 10.2 Å². The van der Waals surface area contributed by atoms with Gasteiger partial charge in [-0.1, -0.05) is 0 Å². The Morgan fingerprint density at radius 2 is 1.94 bits per heavy atom. The molecule has 0 aliphatic heterocycles. The lowest BCUT2D eigenvalue weighted by molar-refractivity contribution is 0.170. The van der Waals surface area contributed by atoms with Gasteiger partial charge >= 0.3 is 0 Å². The van der Waals surface area contributed by atoms with Gasteiger partial charge in [0.1, 0.15) is 11.6 Å². The number of hydrogen-bond acceptors (Lipinski definition) is 3. The number of aliphatic hydroxyl groups is 1. The predicted molar refractivity (Wildman–Crippen MR) is 65.2 cm³/mol. The maximum atomic E-state index is 12.6. The van der Waals surface area contributed by atoms with Crippen LogP contribution in [0.25, 0.3) is 0 Å². The summed E-state index contributed by atoms with van der Waals surface area (Å²) >= 11 is 0. The summed E-state index contributed by atoms with van der Waals surface area (Å²) < 4.78 is 12.6. The molecule has 0 atom stereocenters. The lowest BCUT2D eigenvalue weighted by Gasteiger charge is -2.27. The molecular formula is C13H19FN2O. The van der Waals surface area contributed by atoms with Crippen LogP contribution in [0.15, 0.2) is 18.3 Å². The Balaban J connectivity index is 1.74. The van der Waals surface area contributed by atoms with Gasteiger partial charge in [-0.3, -0.25) is 0 Å². The number of hydrogen-bond donors (Lipinski definition) is 2. The van der Waals surface area contributed by atoms with Crippen LogP contribution in [0.3, 0.4) is 0 Å². The molecule has 0 bridgehead atoms. The summed E-state index contributed by atoms with van der Waals surface area (Å²) in [7, 11) is 0. The van der Waals surface area contributed by atoms with Gasteiger partial charge in [0.2, 0.25) is 0 Å². The third-order valence-corrected chi connectivity index (χ3v) is 3.52. The van der Waals surface area contributed by atoms with E-state index >= 15 is 0 Å². The number of aromatic nitrogens is 1. The van der Waals surface area contributed by atoms with Crippen molar-refractivity contribution in [1.29, 1.82) is 0 Å². The standard InChI is InChI=1S/C13H19FN2O/c14-12-5-6-13(16-8-12)15-7-10-1-3-11(9-17)4-2-10/h5-6,8,10-11,17H,1-4,7,9H2,(H,15,16). The molecule has 1 aliphatic carbocycles. The predicted octanol–water partition coefficient (Wildman–Crippen LogP) is 2.43. The summed E-state index contributed by atoms with van der Waals surface area (Å²) in [5.74, 6) is 1.56. The molecule has 0 amide bonds. The number of nitrogens with one attached hydrogen (secondary N) is 1. The van der Waals surface area contributed by atoms with Crippen molar-refractivity contribution in [1.82, 2.24) is 4.98 Å². The molecule has 1 fully saturated rings. The Bertz CT molecular complexity index is 334. The van der Waals surface area contributed by atoms with Crippen LogP contribution in [0.1, 0.15) is 25.7 Å². The zero-order valence-electron chi connectivity index (χ0n) is 9.90. The largest absolute Gasteiger partial charge is 0.396 e. The third kappa shape index (κ3) is 3.66. The molecule has 17 heavy (non-hydrogen) atoms. The van der Waals surface area contributed by atoms with Crippen LogP contribution in [-0.4, -0.2) is 23.2 Å². The van der Waals surface area contributed by atoms with E-state index in [0.29, 0.717) is 18.4 Å². The smallest absolute Gasteiger partial charge is 0.141 e. The molecule has 0 aromatic carbocycles. The molecule has 0 spiro atoms. The van der Waals surface area contributed by atoms with E-state index in [1.54, 1.807) is 6.07 Å². The van der Waals surface area contributed by atoms with Crippen molar-refractivity contribution >= 4 is 5.82 Å². The molecule has 1 heterocycles. The van der Waals surface area contributed by atoms with E-state index in [4.69, 9.17) is 5.11 Å². The molecule has 1 aliphatic rings. The fourth-order valence-corrected chi connectivity index (χ4v) is 2.35. The highest BCUT2D eigenvalue weighted by atomic mass is 19.1. The van der Waals surface area contributed by atoms with Crippen molar-refractivity contribution in [2.24, 2.45) is 11.8 Å². The summed E-state index contributed by atoms with van der Waals surface area (Å²) in [4.78, 5) is 3.97. The average molecular weight is 238 g/mol. The number of pyridine rings is 1. The van der Waals surface area contributed by atoms with Crippen LogP contribution >= 0.6 is 0 Å². The quantitative estimate of drug-likeness (QED) is 0.846. The lowest BCUT2D eigenvalue weighted by Crippen LogP contribution is -2.22. The van der Waals surface area contributed by atoms with E-state index in [9.17, 15) is 4.39 Å². The summed E-state index contributed by atoms with van der Waals surface area (Å²) in [6.45, 7) is 1.20. The van der Waals surface area contributed by atoms with Gasteiger partial charge in [-0.15, -0.1) is 0 Å². The maximum absolute atomic E-state index is 12.6. The van der Waals surface area contributed by atoms with Crippen molar-refractivity contribution < 1.29 is 9.50 Å². The van der Waals surface area contributed by atoms with Crippen molar-refractivity contribution in [2.75, 3.05) is 18.5 Å². The van der Waals surface area contributed by atoms with Crippen LogP contribution in [0.2, 0.25) is 0 Å². The molecule has 3 nitrogen and oxygen atoms in total. The Morgan fingerprint density at radius 1 is 1.24 bits per heavy atom. The highest BCUT2D eigenvalue weighted by Gasteiger charge is 2.20. The van der Waals surface area contributed by atoms with Gasteiger partial charge in [-0.2, -0.15) is 0 Å². The van der Waals surface area contributed by atoms with Crippen molar-refractivity contribution in [3.63, 3.8) is 0 Å². The fraction of sp³-hybridized carbons (Fsp3) is 0.615. The minimum absolute atomic E-state index is 0.306. The monoisotopic (exact) mass is 238 g/mol. The van der Waals surface area contributed by atoms with E-state index < -0.39 is 0 Å². The second-order valence-electron chi connectivity index (χ2n) is 4.81. The minimum Gasteiger partial charge on any atom is -0.396 e. The highest BCUT2D eigenvalue weighted by molar-refractivity contribution is 5.33. The van der Waals surface area contributed by atoms with Crippen molar-refractivity contribution in [3.05, 3.63) is 24.1 Å². The third-order valence-electron chi connectivity index (χ3n) is 3.52. The van der Waals surface area contributed by atoms with Gasteiger partial charge < -0.3 is 10.4 Å². The SMILES string of the molecule is OCC1CCC(CNc2ccc(F)cn2)CC1. The molecule has 94 valence electrons.